The molecule has 0 spiro atoms. The van der Waals surface area contributed by atoms with E-state index in [1.54, 1.807) is 23.1 Å². The van der Waals surface area contributed by atoms with Crippen molar-refractivity contribution < 1.29 is 9.90 Å². The molecule has 4 nitrogen and oxygen atoms in total. The number of amides is 1. The summed E-state index contributed by atoms with van der Waals surface area (Å²) in [6, 6.07) is 4.88. The minimum absolute atomic E-state index is 0.0155. The molecule has 0 radical (unpaired) electrons. The first-order chi connectivity index (χ1) is 7.22. The van der Waals surface area contributed by atoms with Gasteiger partial charge in [0.1, 0.15) is 5.75 Å². The van der Waals surface area contributed by atoms with E-state index >= 15 is 0 Å². The number of hydrogen-bond acceptors (Lipinski definition) is 3. The third-order valence-corrected chi connectivity index (χ3v) is 2.66. The van der Waals surface area contributed by atoms with Crippen LogP contribution in [0.15, 0.2) is 18.2 Å². The first kappa shape index (κ1) is 9.98. The van der Waals surface area contributed by atoms with Crippen molar-refractivity contribution in [2.45, 2.75) is 6.42 Å². The molecule has 1 aromatic carbocycles. The van der Waals surface area contributed by atoms with E-state index in [4.69, 9.17) is 5.73 Å². The molecule has 0 saturated carbocycles. The Kier molecular flexibility index (Phi) is 2.60. The van der Waals surface area contributed by atoms with E-state index in [0.717, 1.165) is 12.0 Å². The van der Waals surface area contributed by atoms with Crippen LogP contribution in [0.3, 0.4) is 0 Å². The summed E-state index contributed by atoms with van der Waals surface area (Å²) < 4.78 is 0. The second-order valence-electron chi connectivity index (χ2n) is 3.67. The molecule has 0 saturated heterocycles. The van der Waals surface area contributed by atoms with E-state index in [-0.39, 0.29) is 11.7 Å². The highest BCUT2D eigenvalue weighted by atomic mass is 16.3. The molecule has 80 valence electrons. The van der Waals surface area contributed by atoms with Crippen LogP contribution in [-0.2, 0) is 6.42 Å². The van der Waals surface area contributed by atoms with Gasteiger partial charge in [-0.15, -0.1) is 0 Å². The van der Waals surface area contributed by atoms with Gasteiger partial charge >= 0.3 is 0 Å². The van der Waals surface area contributed by atoms with Crippen LogP contribution < -0.4 is 5.73 Å². The molecule has 4 heteroatoms. The van der Waals surface area contributed by atoms with E-state index in [9.17, 15) is 9.90 Å². The summed E-state index contributed by atoms with van der Waals surface area (Å²) in [6.45, 7) is 1.77. The molecule has 0 fully saturated rings. The lowest BCUT2D eigenvalue weighted by atomic mass is 9.99. The molecule has 0 bridgehead atoms. The zero-order chi connectivity index (χ0) is 10.8. The maximum atomic E-state index is 11.9. The molecule has 1 amide bonds. The summed E-state index contributed by atoms with van der Waals surface area (Å²) in [4.78, 5) is 13.7. The molecular weight excluding hydrogens is 192 g/mol. The number of carbonyl (C=O) groups excluding carboxylic acids is 1. The van der Waals surface area contributed by atoms with Crippen molar-refractivity contribution in [2.75, 3.05) is 19.6 Å². The summed E-state index contributed by atoms with van der Waals surface area (Å²) in [5, 5.41) is 9.30. The van der Waals surface area contributed by atoms with Gasteiger partial charge in [-0.1, -0.05) is 0 Å². The molecule has 15 heavy (non-hydrogen) atoms. The standard InChI is InChI=1S/C11H14N2O2/c12-4-6-13-5-3-8-7-9(14)1-2-10(8)11(13)15/h1-2,7,14H,3-6,12H2. The fourth-order valence-corrected chi connectivity index (χ4v) is 1.89. The quantitative estimate of drug-likeness (QED) is 0.733. The summed E-state index contributed by atoms with van der Waals surface area (Å²) in [5.74, 6) is 0.232. The molecule has 3 N–H and O–H groups in total. The number of benzene rings is 1. The Morgan fingerprint density at radius 1 is 1.47 bits per heavy atom. The SMILES string of the molecule is NCCN1CCc2cc(O)ccc2C1=O. The van der Waals surface area contributed by atoms with Crippen molar-refractivity contribution in [3.63, 3.8) is 0 Å². The van der Waals surface area contributed by atoms with E-state index in [2.05, 4.69) is 0 Å². The van der Waals surface area contributed by atoms with Crippen LogP contribution in [0.25, 0.3) is 0 Å². The lowest BCUT2D eigenvalue weighted by Gasteiger charge is -2.28. The molecule has 0 atom stereocenters. The van der Waals surface area contributed by atoms with Gasteiger partial charge in [0.25, 0.3) is 5.91 Å². The number of carbonyl (C=O) groups is 1. The average molecular weight is 206 g/mol. The maximum Gasteiger partial charge on any atom is 0.254 e. The molecule has 0 aromatic heterocycles. The number of aromatic hydroxyl groups is 1. The largest absolute Gasteiger partial charge is 0.508 e. The van der Waals surface area contributed by atoms with Gasteiger partial charge in [-0.05, 0) is 30.2 Å². The highest BCUT2D eigenvalue weighted by molar-refractivity contribution is 5.96. The molecule has 0 aliphatic carbocycles. The average Bonchev–Trinajstić information content (AvgIpc) is 2.22. The predicted octanol–water partition coefficient (Wildman–Crippen LogP) is 0.349. The monoisotopic (exact) mass is 206 g/mol. The van der Waals surface area contributed by atoms with Crippen LogP contribution in [0.4, 0.5) is 0 Å². The number of nitrogens with two attached hydrogens (primary N) is 1. The van der Waals surface area contributed by atoms with E-state index < -0.39 is 0 Å². The highest BCUT2D eigenvalue weighted by Gasteiger charge is 2.23. The summed E-state index contributed by atoms with van der Waals surface area (Å²) >= 11 is 0. The van der Waals surface area contributed by atoms with Crippen molar-refractivity contribution in [3.8, 4) is 5.75 Å². The minimum atomic E-state index is 0.0155. The Bertz CT molecular complexity index is 390. The highest BCUT2D eigenvalue weighted by Crippen LogP contribution is 2.22. The Hall–Kier alpha value is -1.55. The van der Waals surface area contributed by atoms with Crippen molar-refractivity contribution in [2.24, 2.45) is 5.73 Å². The molecule has 1 aliphatic rings. The van der Waals surface area contributed by atoms with Crippen molar-refractivity contribution in [3.05, 3.63) is 29.3 Å². The molecular formula is C11H14N2O2. The number of phenolic OH excluding ortho intramolecular Hbond substituents is 1. The fourth-order valence-electron chi connectivity index (χ4n) is 1.89. The number of rotatable bonds is 2. The number of phenols is 1. The smallest absolute Gasteiger partial charge is 0.254 e. The Labute approximate surface area is 88.3 Å². The molecule has 1 aromatic rings. The van der Waals surface area contributed by atoms with Gasteiger partial charge in [0, 0.05) is 25.2 Å². The lowest BCUT2D eigenvalue weighted by molar-refractivity contribution is 0.0745. The number of fused-ring (bicyclic) bond motifs is 1. The number of hydrogen-bond donors (Lipinski definition) is 2. The van der Waals surface area contributed by atoms with Gasteiger partial charge in [-0.3, -0.25) is 4.79 Å². The zero-order valence-electron chi connectivity index (χ0n) is 8.44. The first-order valence-electron chi connectivity index (χ1n) is 5.03. The van der Waals surface area contributed by atoms with Gasteiger partial charge < -0.3 is 15.7 Å². The van der Waals surface area contributed by atoms with E-state index in [0.29, 0.717) is 25.2 Å². The molecule has 1 aliphatic heterocycles. The lowest BCUT2D eigenvalue weighted by Crippen LogP contribution is -2.40. The van der Waals surface area contributed by atoms with Crippen LogP contribution in [-0.4, -0.2) is 35.5 Å². The third kappa shape index (κ3) is 1.80. The van der Waals surface area contributed by atoms with Crippen LogP contribution in [0.1, 0.15) is 15.9 Å². The second-order valence-corrected chi connectivity index (χ2v) is 3.67. The van der Waals surface area contributed by atoms with Crippen LogP contribution in [0.2, 0.25) is 0 Å². The van der Waals surface area contributed by atoms with Gasteiger partial charge in [0.2, 0.25) is 0 Å². The Morgan fingerprint density at radius 2 is 2.27 bits per heavy atom. The molecule has 2 rings (SSSR count). The van der Waals surface area contributed by atoms with Crippen molar-refractivity contribution >= 4 is 5.91 Å². The third-order valence-electron chi connectivity index (χ3n) is 2.66. The van der Waals surface area contributed by atoms with E-state index in [1.807, 2.05) is 0 Å². The van der Waals surface area contributed by atoms with Crippen LogP contribution in [0.5, 0.6) is 5.75 Å². The summed E-state index contributed by atoms with van der Waals surface area (Å²) in [7, 11) is 0. The normalized spacial score (nSPS) is 15.3. The second kappa shape index (κ2) is 3.90. The van der Waals surface area contributed by atoms with Gasteiger partial charge in [0.15, 0.2) is 0 Å². The van der Waals surface area contributed by atoms with E-state index in [1.165, 1.54) is 0 Å². The number of nitrogens with zero attached hydrogens (tertiary/aromatic N) is 1. The fraction of sp³-hybridized carbons (Fsp3) is 0.364. The molecule has 0 unspecified atom stereocenters. The van der Waals surface area contributed by atoms with Crippen molar-refractivity contribution in [1.82, 2.24) is 4.90 Å². The first-order valence-corrected chi connectivity index (χ1v) is 5.03. The predicted molar refractivity (Wildman–Crippen MR) is 56.8 cm³/mol. The topological polar surface area (TPSA) is 66.6 Å². The van der Waals surface area contributed by atoms with Crippen molar-refractivity contribution in [1.29, 1.82) is 0 Å². The van der Waals surface area contributed by atoms with Crippen LogP contribution in [0, 0.1) is 0 Å². The van der Waals surface area contributed by atoms with Gasteiger partial charge in [0.05, 0.1) is 0 Å². The van der Waals surface area contributed by atoms with Crippen LogP contribution >= 0.6 is 0 Å². The summed E-state index contributed by atoms with van der Waals surface area (Å²) in [6.07, 6.45) is 0.787. The summed E-state index contributed by atoms with van der Waals surface area (Å²) in [5.41, 5.74) is 7.04. The van der Waals surface area contributed by atoms with Gasteiger partial charge in [-0.25, -0.2) is 0 Å². The Morgan fingerprint density at radius 3 is 3.00 bits per heavy atom. The van der Waals surface area contributed by atoms with Gasteiger partial charge in [-0.2, -0.15) is 0 Å². The zero-order valence-corrected chi connectivity index (χ0v) is 8.44. The Balaban J connectivity index is 2.30. The minimum Gasteiger partial charge on any atom is -0.508 e. The maximum absolute atomic E-state index is 11.9. The molecule has 1 heterocycles.